The highest BCUT2D eigenvalue weighted by Crippen LogP contribution is 2.40. The summed E-state index contributed by atoms with van der Waals surface area (Å²) >= 11 is 0. The van der Waals surface area contributed by atoms with Crippen LogP contribution in [0.25, 0.3) is 10.9 Å². The van der Waals surface area contributed by atoms with Gasteiger partial charge in [-0.05, 0) is 75.8 Å². The van der Waals surface area contributed by atoms with Crippen molar-refractivity contribution >= 4 is 16.7 Å². The van der Waals surface area contributed by atoms with Crippen molar-refractivity contribution in [2.45, 2.75) is 77.4 Å². The van der Waals surface area contributed by atoms with Crippen LogP contribution in [0.1, 0.15) is 66.9 Å². The van der Waals surface area contributed by atoms with E-state index >= 15 is 0 Å². The fourth-order valence-electron chi connectivity index (χ4n) is 6.43. The first-order valence-corrected chi connectivity index (χ1v) is 12.5. The third kappa shape index (κ3) is 4.28. The first-order valence-electron chi connectivity index (χ1n) is 12.5. The summed E-state index contributed by atoms with van der Waals surface area (Å²) in [6.45, 7) is 6.01. The standard InChI is InChI=1S/C29H36N2O/c1-21-8-6-11-27-28(22(2)32)20-30(29(21)27)16-7-17-31-25-14-15-26(31)19-24(18-25)13-12-23-9-4-3-5-10-23/h3-6,8-11,20,24-26H,7,12-19H2,1-2H3/t24-,25+,26-. The van der Waals surface area contributed by atoms with Crippen LogP contribution in [0.5, 0.6) is 0 Å². The minimum atomic E-state index is 0.162. The minimum Gasteiger partial charge on any atom is -0.346 e. The summed E-state index contributed by atoms with van der Waals surface area (Å²) in [6, 6.07) is 18.9. The van der Waals surface area contributed by atoms with E-state index in [0.29, 0.717) is 0 Å². The summed E-state index contributed by atoms with van der Waals surface area (Å²) in [4.78, 5) is 15.0. The third-order valence-corrected chi connectivity index (χ3v) is 7.96. The maximum absolute atomic E-state index is 12.2. The van der Waals surface area contributed by atoms with E-state index in [0.717, 1.165) is 41.9 Å². The van der Waals surface area contributed by atoms with Crippen molar-refractivity contribution in [2.24, 2.45) is 5.92 Å². The van der Waals surface area contributed by atoms with Crippen LogP contribution in [0.15, 0.2) is 54.7 Å². The second kappa shape index (κ2) is 9.23. The van der Waals surface area contributed by atoms with Crippen molar-refractivity contribution in [1.29, 1.82) is 0 Å². The Hall–Kier alpha value is -2.39. The fraction of sp³-hybridized carbons (Fsp3) is 0.483. The molecule has 0 amide bonds. The number of aromatic nitrogens is 1. The molecule has 2 aliphatic rings. The number of piperidine rings is 1. The first-order chi connectivity index (χ1) is 15.6. The normalized spacial score (nSPS) is 23.1. The van der Waals surface area contributed by atoms with Crippen LogP contribution in [0.3, 0.4) is 0 Å². The molecule has 3 heteroatoms. The van der Waals surface area contributed by atoms with Gasteiger partial charge in [-0.3, -0.25) is 9.69 Å². The molecule has 0 radical (unpaired) electrons. The number of benzene rings is 2. The van der Waals surface area contributed by atoms with Crippen LogP contribution >= 0.6 is 0 Å². The molecule has 0 spiro atoms. The highest BCUT2D eigenvalue weighted by molar-refractivity contribution is 6.07. The predicted octanol–water partition coefficient (Wildman–Crippen LogP) is 6.42. The van der Waals surface area contributed by atoms with Gasteiger partial charge in [0.25, 0.3) is 0 Å². The Labute approximate surface area is 192 Å². The molecule has 2 aliphatic heterocycles. The van der Waals surface area contributed by atoms with Gasteiger partial charge in [-0.1, -0.05) is 48.5 Å². The van der Waals surface area contributed by atoms with E-state index in [1.54, 1.807) is 6.92 Å². The van der Waals surface area contributed by atoms with Crippen molar-refractivity contribution in [1.82, 2.24) is 9.47 Å². The van der Waals surface area contributed by atoms with E-state index < -0.39 is 0 Å². The van der Waals surface area contributed by atoms with Crippen LogP contribution in [-0.2, 0) is 13.0 Å². The van der Waals surface area contributed by atoms with Crippen LogP contribution in [0, 0.1) is 12.8 Å². The van der Waals surface area contributed by atoms with E-state index in [1.807, 2.05) is 0 Å². The van der Waals surface area contributed by atoms with Crippen molar-refractivity contribution in [3.8, 4) is 0 Å². The van der Waals surface area contributed by atoms with Gasteiger partial charge in [-0.25, -0.2) is 0 Å². The number of rotatable bonds is 8. The van der Waals surface area contributed by atoms with Gasteiger partial charge in [-0.2, -0.15) is 0 Å². The highest BCUT2D eigenvalue weighted by Gasteiger charge is 2.39. The van der Waals surface area contributed by atoms with Crippen LogP contribution in [0.2, 0.25) is 0 Å². The molecule has 2 bridgehead atoms. The summed E-state index contributed by atoms with van der Waals surface area (Å²) in [5, 5.41) is 1.11. The zero-order valence-electron chi connectivity index (χ0n) is 19.6. The zero-order chi connectivity index (χ0) is 22.1. The van der Waals surface area contributed by atoms with Crippen molar-refractivity contribution in [3.05, 3.63) is 71.4 Å². The number of aryl methyl sites for hydroxylation is 3. The number of ketones is 1. The Morgan fingerprint density at radius 2 is 1.72 bits per heavy atom. The number of fused-ring (bicyclic) bond motifs is 3. The Balaban J connectivity index is 1.19. The fourth-order valence-corrected chi connectivity index (χ4v) is 6.43. The summed E-state index contributed by atoms with van der Waals surface area (Å²) in [7, 11) is 0. The van der Waals surface area contributed by atoms with E-state index in [2.05, 4.69) is 71.1 Å². The molecule has 0 N–H and O–H groups in total. The molecule has 3 nitrogen and oxygen atoms in total. The number of hydrogen-bond acceptors (Lipinski definition) is 2. The second-order valence-electron chi connectivity index (χ2n) is 10.1. The lowest BCUT2D eigenvalue weighted by Gasteiger charge is -2.39. The van der Waals surface area contributed by atoms with Crippen molar-refractivity contribution in [3.63, 3.8) is 0 Å². The lowest BCUT2D eigenvalue weighted by Crippen LogP contribution is -2.43. The molecular formula is C29H36N2O. The van der Waals surface area contributed by atoms with Crippen LogP contribution in [-0.4, -0.2) is 33.9 Å². The van der Waals surface area contributed by atoms with Gasteiger partial charge in [-0.15, -0.1) is 0 Å². The smallest absolute Gasteiger partial charge is 0.161 e. The number of para-hydroxylation sites is 1. The van der Waals surface area contributed by atoms with Gasteiger partial charge >= 0.3 is 0 Å². The van der Waals surface area contributed by atoms with Gasteiger partial charge in [0, 0.05) is 42.3 Å². The molecule has 0 unspecified atom stereocenters. The summed E-state index contributed by atoms with van der Waals surface area (Å²) in [5.41, 5.74) is 4.85. The minimum absolute atomic E-state index is 0.162. The highest BCUT2D eigenvalue weighted by atomic mass is 16.1. The largest absolute Gasteiger partial charge is 0.346 e. The molecule has 2 aromatic carbocycles. The van der Waals surface area contributed by atoms with E-state index in [9.17, 15) is 4.79 Å². The average molecular weight is 429 g/mol. The van der Waals surface area contributed by atoms with Crippen LogP contribution in [0.4, 0.5) is 0 Å². The zero-order valence-corrected chi connectivity index (χ0v) is 19.6. The van der Waals surface area contributed by atoms with E-state index in [4.69, 9.17) is 0 Å². The molecule has 168 valence electrons. The van der Waals surface area contributed by atoms with Crippen molar-refractivity contribution in [2.75, 3.05) is 6.54 Å². The van der Waals surface area contributed by atoms with Gasteiger partial charge in [0.2, 0.25) is 0 Å². The maximum Gasteiger partial charge on any atom is 0.161 e. The molecule has 2 saturated heterocycles. The number of carbonyl (C=O) groups is 1. The second-order valence-corrected chi connectivity index (χ2v) is 10.1. The van der Waals surface area contributed by atoms with Gasteiger partial charge < -0.3 is 4.57 Å². The predicted molar refractivity (Wildman–Crippen MR) is 132 cm³/mol. The van der Waals surface area contributed by atoms with E-state index in [-0.39, 0.29) is 5.78 Å². The number of carbonyl (C=O) groups excluding carboxylic acids is 1. The molecule has 0 saturated carbocycles. The van der Waals surface area contributed by atoms with Crippen LogP contribution < -0.4 is 0 Å². The lowest BCUT2D eigenvalue weighted by molar-refractivity contribution is 0.0978. The number of nitrogens with zero attached hydrogens (tertiary/aromatic N) is 2. The molecule has 3 atom stereocenters. The van der Waals surface area contributed by atoms with Gasteiger partial charge in [0.15, 0.2) is 5.78 Å². The third-order valence-electron chi connectivity index (χ3n) is 7.96. The van der Waals surface area contributed by atoms with Crippen molar-refractivity contribution < 1.29 is 4.79 Å². The summed E-state index contributed by atoms with van der Waals surface area (Å²) in [5.74, 6) is 1.05. The SMILES string of the molecule is CC(=O)c1cn(CCCN2[C@@H]3CC[C@H]2C[C@@H](CCc2ccccc2)C3)c2c(C)cccc12. The monoisotopic (exact) mass is 428 g/mol. The lowest BCUT2D eigenvalue weighted by atomic mass is 9.86. The molecule has 0 aliphatic carbocycles. The summed E-state index contributed by atoms with van der Waals surface area (Å²) in [6.07, 6.45) is 11.3. The molecule has 5 rings (SSSR count). The van der Waals surface area contributed by atoms with Gasteiger partial charge in [0.05, 0.1) is 5.52 Å². The van der Waals surface area contributed by atoms with E-state index in [1.165, 1.54) is 61.7 Å². The quantitative estimate of drug-likeness (QED) is 0.387. The molecule has 2 fully saturated rings. The molecule has 3 heterocycles. The first kappa shape index (κ1) is 21.5. The Morgan fingerprint density at radius 3 is 2.44 bits per heavy atom. The molecule has 32 heavy (non-hydrogen) atoms. The molecule has 3 aromatic rings. The number of hydrogen-bond donors (Lipinski definition) is 0. The number of Topliss-reactive ketones (excluding diaryl/α,β-unsaturated/α-hetero) is 1. The Bertz CT molecular complexity index is 1070. The van der Waals surface area contributed by atoms with Gasteiger partial charge in [0.1, 0.15) is 0 Å². The Morgan fingerprint density at radius 1 is 0.969 bits per heavy atom. The molecular weight excluding hydrogens is 392 g/mol. The average Bonchev–Trinajstić information content (AvgIpc) is 3.28. The Kier molecular flexibility index (Phi) is 6.19. The topological polar surface area (TPSA) is 25.2 Å². The summed E-state index contributed by atoms with van der Waals surface area (Å²) < 4.78 is 2.33. The molecule has 1 aromatic heterocycles. The maximum atomic E-state index is 12.2.